The minimum Gasteiger partial charge on any atom is -0.465 e. The zero-order chi connectivity index (χ0) is 17.2. The van der Waals surface area contributed by atoms with Crippen LogP contribution in [0.3, 0.4) is 0 Å². The molecule has 6 nitrogen and oxygen atoms in total. The van der Waals surface area contributed by atoms with Gasteiger partial charge in [0.15, 0.2) is 0 Å². The van der Waals surface area contributed by atoms with Crippen LogP contribution in [0.15, 0.2) is 6.07 Å². The van der Waals surface area contributed by atoms with Crippen molar-refractivity contribution in [1.29, 1.82) is 0 Å². The van der Waals surface area contributed by atoms with Crippen molar-refractivity contribution in [2.75, 3.05) is 5.73 Å². The van der Waals surface area contributed by atoms with E-state index < -0.39 is 6.09 Å². The second kappa shape index (κ2) is 6.81. The number of aromatic nitrogens is 2. The van der Waals surface area contributed by atoms with Crippen molar-refractivity contribution in [2.45, 2.75) is 77.3 Å². The molecule has 1 aromatic rings. The van der Waals surface area contributed by atoms with Crippen LogP contribution < -0.4 is 11.1 Å². The van der Waals surface area contributed by atoms with Gasteiger partial charge in [0.25, 0.3) is 0 Å². The van der Waals surface area contributed by atoms with Gasteiger partial charge in [0, 0.05) is 18.0 Å². The lowest BCUT2D eigenvalue weighted by molar-refractivity contribution is 0.189. The molecule has 0 saturated heterocycles. The van der Waals surface area contributed by atoms with Crippen LogP contribution in [0.2, 0.25) is 0 Å². The number of rotatable bonds is 5. The molecular weight excluding hydrogens is 292 g/mol. The summed E-state index contributed by atoms with van der Waals surface area (Å²) in [5, 5.41) is 16.0. The highest BCUT2D eigenvalue weighted by Gasteiger charge is 2.29. The molecule has 23 heavy (non-hydrogen) atoms. The van der Waals surface area contributed by atoms with Crippen molar-refractivity contribution in [3.8, 4) is 0 Å². The van der Waals surface area contributed by atoms with Crippen molar-refractivity contribution >= 4 is 11.9 Å². The number of amides is 1. The van der Waals surface area contributed by atoms with Gasteiger partial charge in [-0.05, 0) is 65.7 Å². The Balaban J connectivity index is 1.89. The van der Waals surface area contributed by atoms with E-state index in [2.05, 4.69) is 26.1 Å². The van der Waals surface area contributed by atoms with E-state index in [1.54, 1.807) is 0 Å². The molecule has 0 aromatic carbocycles. The largest absolute Gasteiger partial charge is 0.465 e. The summed E-state index contributed by atoms with van der Waals surface area (Å²) < 4.78 is 1.91. The molecule has 1 amide bonds. The number of hydrogen-bond acceptors (Lipinski definition) is 3. The third-order valence-corrected chi connectivity index (χ3v) is 4.73. The molecule has 2 unspecified atom stereocenters. The van der Waals surface area contributed by atoms with Crippen LogP contribution in [-0.2, 0) is 5.54 Å². The van der Waals surface area contributed by atoms with Gasteiger partial charge in [-0.3, -0.25) is 0 Å². The third-order valence-electron chi connectivity index (χ3n) is 4.73. The van der Waals surface area contributed by atoms with E-state index in [0.717, 1.165) is 37.2 Å². The summed E-state index contributed by atoms with van der Waals surface area (Å²) in [6.45, 7) is 8.24. The Morgan fingerprint density at radius 2 is 2.22 bits per heavy atom. The standard InChI is InChI=1S/C17H30N4O2/c1-11(19-16(22)23)5-6-12-7-8-13(9-12)14-10-15(18)21(20-14)17(2,3)4/h10-13,19H,5-9,18H2,1-4H3,(H,22,23)/t11-,12?,13?/m0/s1. The molecule has 6 heteroatoms. The molecule has 1 heterocycles. The molecule has 3 atom stereocenters. The van der Waals surface area contributed by atoms with E-state index in [4.69, 9.17) is 15.9 Å². The fourth-order valence-corrected chi connectivity index (χ4v) is 3.53. The van der Waals surface area contributed by atoms with Gasteiger partial charge in [-0.2, -0.15) is 5.10 Å². The molecule has 0 spiro atoms. The molecule has 0 radical (unpaired) electrons. The van der Waals surface area contributed by atoms with Gasteiger partial charge in [-0.25, -0.2) is 9.48 Å². The molecule has 1 saturated carbocycles. The molecule has 1 fully saturated rings. The fourth-order valence-electron chi connectivity index (χ4n) is 3.53. The van der Waals surface area contributed by atoms with Crippen molar-refractivity contribution in [3.63, 3.8) is 0 Å². The Hall–Kier alpha value is -1.72. The highest BCUT2D eigenvalue weighted by Crippen LogP contribution is 2.40. The van der Waals surface area contributed by atoms with Crippen LogP contribution in [0, 0.1) is 5.92 Å². The number of nitrogens with two attached hydrogens (primary N) is 1. The topological polar surface area (TPSA) is 93.2 Å². The average molecular weight is 322 g/mol. The Bertz CT molecular complexity index is 547. The predicted octanol–water partition coefficient (Wildman–Crippen LogP) is 3.54. The van der Waals surface area contributed by atoms with Gasteiger partial charge >= 0.3 is 6.09 Å². The first-order valence-corrected chi connectivity index (χ1v) is 8.52. The summed E-state index contributed by atoms with van der Waals surface area (Å²) in [5.74, 6) is 1.86. The van der Waals surface area contributed by atoms with Gasteiger partial charge in [0.05, 0.1) is 11.2 Å². The quantitative estimate of drug-likeness (QED) is 0.773. The molecule has 1 aliphatic rings. The summed E-state index contributed by atoms with van der Waals surface area (Å²) in [4.78, 5) is 10.6. The summed E-state index contributed by atoms with van der Waals surface area (Å²) in [5.41, 5.74) is 7.12. The lowest BCUT2D eigenvalue weighted by atomic mass is 9.96. The minimum absolute atomic E-state index is 0.0160. The van der Waals surface area contributed by atoms with Crippen LogP contribution in [0.5, 0.6) is 0 Å². The molecule has 0 bridgehead atoms. The van der Waals surface area contributed by atoms with Crippen LogP contribution in [0.4, 0.5) is 10.6 Å². The van der Waals surface area contributed by atoms with Crippen molar-refractivity contribution in [1.82, 2.24) is 15.1 Å². The second-order valence-electron chi connectivity index (χ2n) is 7.88. The van der Waals surface area contributed by atoms with Crippen LogP contribution >= 0.6 is 0 Å². The lowest BCUT2D eigenvalue weighted by Gasteiger charge is -2.20. The minimum atomic E-state index is -0.940. The molecule has 0 aliphatic heterocycles. The number of nitrogens with one attached hydrogen (secondary N) is 1. The number of nitrogens with zero attached hydrogens (tertiary/aromatic N) is 2. The lowest BCUT2D eigenvalue weighted by Crippen LogP contribution is -2.31. The summed E-state index contributed by atoms with van der Waals surface area (Å²) in [6, 6.07) is 2.04. The fraction of sp³-hybridized carbons (Fsp3) is 0.765. The second-order valence-corrected chi connectivity index (χ2v) is 7.88. The van der Waals surface area contributed by atoms with Crippen molar-refractivity contribution < 1.29 is 9.90 Å². The van der Waals surface area contributed by atoms with Crippen LogP contribution in [-0.4, -0.2) is 27.0 Å². The predicted molar refractivity (Wildman–Crippen MR) is 91.6 cm³/mol. The smallest absolute Gasteiger partial charge is 0.404 e. The van der Waals surface area contributed by atoms with E-state index in [0.29, 0.717) is 11.8 Å². The van der Waals surface area contributed by atoms with E-state index in [-0.39, 0.29) is 11.6 Å². The Morgan fingerprint density at radius 3 is 2.78 bits per heavy atom. The highest BCUT2D eigenvalue weighted by atomic mass is 16.4. The maximum absolute atomic E-state index is 10.6. The zero-order valence-corrected chi connectivity index (χ0v) is 14.7. The van der Waals surface area contributed by atoms with Gasteiger partial charge in [-0.15, -0.1) is 0 Å². The van der Waals surface area contributed by atoms with Gasteiger partial charge in [0.2, 0.25) is 0 Å². The van der Waals surface area contributed by atoms with Crippen LogP contribution in [0.25, 0.3) is 0 Å². The van der Waals surface area contributed by atoms with E-state index in [9.17, 15) is 4.79 Å². The van der Waals surface area contributed by atoms with Gasteiger partial charge in [0.1, 0.15) is 5.82 Å². The molecule has 2 rings (SSSR count). The zero-order valence-electron chi connectivity index (χ0n) is 14.7. The number of nitrogen functional groups attached to an aromatic ring is 1. The Morgan fingerprint density at radius 1 is 1.52 bits per heavy atom. The number of hydrogen-bond donors (Lipinski definition) is 3. The van der Waals surface area contributed by atoms with E-state index in [1.807, 2.05) is 17.7 Å². The number of anilines is 1. The van der Waals surface area contributed by atoms with Crippen molar-refractivity contribution in [2.24, 2.45) is 5.92 Å². The molecule has 1 aromatic heterocycles. The van der Waals surface area contributed by atoms with Crippen molar-refractivity contribution in [3.05, 3.63) is 11.8 Å². The first-order valence-electron chi connectivity index (χ1n) is 8.52. The van der Waals surface area contributed by atoms with E-state index >= 15 is 0 Å². The van der Waals surface area contributed by atoms with Gasteiger partial charge in [-0.1, -0.05) is 0 Å². The highest BCUT2D eigenvalue weighted by molar-refractivity contribution is 5.64. The summed E-state index contributed by atoms with van der Waals surface area (Å²) >= 11 is 0. The normalized spacial score (nSPS) is 23.0. The van der Waals surface area contributed by atoms with Gasteiger partial charge < -0.3 is 16.2 Å². The maximum Gasteiger partial charge on any atom is 0.404 e. The Kier molecular flexibility index (Phi) is 5.22. The Labute approximate surface area is 138 Å². The monoisotopic (exact) mass is 322 g/mol. The third kappa shape index (κ3) is 4.62. The summed E-state index contributed by atoms with van der Waals surface area (Å²) in [6.07, 6.45) is 4.47. The molecule has 130 valence electrons. The van der Waals surface area contributed by atoms with E-state index in [1.165, 1.54) is 6.42 Å². The molecule has 1 aliphatic carbocycles. The molecule has 4 N–H and O–H groups in total. The summed E-state index contributed by atoms with van der Waals surface area (Å²) in [7, 11) is 0. The first-order chi connectivity index (χ1) is 10.7. The SMILES string of the molecule is C[C@@H](CCC1CCC(c2cc(N)n(C(C)(C)C)n2)C1)NC(=O)O. The number of carboxylic acid groups (broad SMARTS) is 1. The maximum atomic E-state index is 10.6. The molecular formula is C17H30N4O2. The first kappa shape index (κ1) is 17.6. The average Bonchev–Trinajstić information content (AvgIpc) is 3.01. The van der Waals surface area contributed by atoms with Crippen LogP contribution in [0.1, 0.15) is 71.4 Å². The number of carbonyl (C=O) groups is 1.